The molecule has 0 aromatic rings. The molecule has 2 aliphatic rings. The number of hydrogen-bond acceptors (Lipinski definition) is 2. The van der Waals surface area contributed by atoms with E-state index in [1.165, 1.54) is 63.0 Å². The smallest absolute Gasteiger partial charge is 0.0166 e. The Hall–Kier alpha value is 0.310. The van der Waals surface area contributed by atoms with Crippen LogP contribution in [0.5, 0.6) is 0 Å². The van der Waals surface area contributed by atoms with E-state index in [0.717, 1.165) is 6.04 Å². The lowest BCUT2D eigenvalue weighted by Gasteiger charge is -2.30. The van der Waals surface area contributed by atoms with Crippen molar-refractivity contribution in [2.45, 2.75) is 57.9 Å². The van der Waals surface area contributed by atoms with Crippen LogP contribution < -0.4 is 5.32 Å². The molecule has 0 radical (unpaired) electrons. The van der Waals surface area contributed by atoms with Gasteiger partial charge in [0.1, 0.15) is 0 Å². The third-order valence-corrected chi connectivity index (χ3v) is 5.22. The number of nitrogens with one attached hydrogen (secondary N) is 1. The summed E-state index contributed by atoms with van der Waals surface area (Å²) in [4.78, 5) is 0. The average Bonchev–Trinajstić information content (AvgIpc) is 2.65. The molecule has 0 amide bonds. The molecule has 2 fully saturated rings. The zero-order valence-electron chi connectivity index (χ0n) is 10.1. The molecule has 1 saturated carbocycles. The van der Waals surface area contributed by atoms with Crippen LogP contribution in [0.25, 0.3) is 0 Å². The Morgan fingerprint density at radius 2 is 1.93 bits per heavy atom. The van der Waals surface area contributed by atoms with E-state index in [9.17, 15) is 0 Å². The second-order valence-electron chi connectivity index (χ2n) is 5.67. The first-order valence-corrected chi connectivity index (χ1v) is 7.75. The Morgan fingerprint density at radius 1 is 1.20 bits per heavy atom. The van der Waals surface area contributed by atoms with Crippen molar-refractivity contribution in [1.82, 2.24) is 5.32 Å². The minimum Gasteiger partial charge on any atom is -0.313 e. The fraction of sp³-hybridized carbons (Fsp3) is 1.00. The zero-order valence-corrected chi connectivity index (χ0v) is 10.9. The van der Waals surface area contributed by atoms with Gasteiger partial charge in [0.15, 0.2) is 0 Å². The van der Waals surface area contributed by atoms with E-state index in [-0.39, 0.29) is 0 Å². The third kappa shape index (κ3) is 3.67. The molecule has 0 aromatic heterocycles. The molecule has 1 heterocycles. The van der Waals surface area contributed by atoms with Crippen LogP contribution in [0.1, 0.15) is 51.9 Å². The standard InChI is InChI=1S/C13H25NS/c1-13(7-4-2-3-5-8-13)11-14-12-6-9-15-10-12/h12,14H,2-11H2,1H3. The van der Waals surface area contributed by atoms with Crippen LogP contribution in [0.2, 0.25) is 0 Å². The summed E-state index contributed by atoms with van der Waals surface area (Å²) in [5.74, 6) is 2.71. The lowest BCUT2D eigenvalue weighted by molar-refractivity contribution is 0.254. The lowest BCUT2D eigenvalue weighted by Crippen LogP contribution is -2.38. The van der Waals surface area contributed by atoms with Crippen LogP contribution in [-0.2, 0) is 0 Å². The van der Waals surface area contributed by atoms with Gasteiger partial charge >= 0.3 is 0 Å². The van der Waals surface area contributed by atoms with Crippen molar-refractivity contribution in [3.05, 3.63) is 0 Å². The Bertz CT molecular complexity index is 179. The summed E-state index contributed by atoms with van der Waals surface area (Å²) < 4.78 is 0. The van der Waals surface area contributed by atoms with Crippen LogP contribution in [0.4, 0.5) is 0 Å². The highest BCUT2D eigenvalue weighted by Gasteiger charge is 2.26. The molecule has 0 spiro atoms. The fourth-order valence-electron chi connectivity index (χ4n) is 2.85. The maximum Gasteiger partial charge on any atom is 0.0166 e. The summed E-state index contributed by atoms with van der Waals surface area (Å²) in [6.45, 7) is 3.76. The molecule has 1 nitrogen and oxygen atoms in total. The Morgan fingerprint density at radius 3 is 2.53 bits per heavy atom. The van der Waals surface area contributed by atoms with Gasteiger partial charge in [-0.3, -0.25) is 0 Å². The van der Waals surface area contributed by atoms with Crippen LogP contribution in [0, 0.1) is 5.41 Å². The van der Waals surface area contributed by atoms with E-state index in [1.54, 1.807) is 0 Å². The highest BCUT2D eigenvalue weighted by Crippen LogP contribution is 2.34. The highest BCUT2D eigenvalue weighted by atomic mass is 32.2. The van der Waals surface area contributed by atoms with E-state index < -0.39 is 0 Å². The van der Waals surface area contributed by atoms with Crippen LogP contribution in [-0.4, -0.2) is 24.1 Å². The largest absolute Gasteiger partial charge is 0.313 e. The number of rotatable bonds is 3. The molecule has 1 unspecified atom stereocenters. The summed E-state index contributed by atoms with van der Waals surface area (Å²) in [6, 6.07) is 0.815. The second kappa shape index (κ2) is 5.58. The molecule has 0 aromatic carbocycles. The molecule has 88 valence electrons. The van der Waals surface area contributed by atoms with Gasteiger partial charge < -0.3 is 5.32 Å². The van der Waals surface area contributed by atoms with Crippen LogP contribution in [0.3, 0.4) is 0 Å². The van der Waals surface area contributed by atoms with Gasteiger partial charge in [-0.25, -0.2) is 0 Å². The molecule has 1 aliphatic carbocycles. The van der Waals surface area contributed by atoms with Gasteiger partial charge in [0.25, 0.3) is 0 Å². The molecule has 2 heteroatoms. The minimum absolute atomic E-state index is 0.601. The second-order valence-corrected chi connectivity index (χ2v) is 6.82. The Labute approximate surface area is 98.8 Å². The first-order chi connectivity index (χ1) is 7.29. The summed E-state index contributed by atoms with van der Waals surface area (Å²) in [5.41, 5.74) is 0.601. The fourth-order valence-corrected chi connectivity index (χ4v) is 4.03. The van der Waals surface area contributed by atoms with Crippen molar-refractivity contribution in [3.63, 3.8) is 0 Å². The van der Waals surface area contributed by atoms with E-state index in [0.29, 0.717) is 5.41 Å². The van der Waals surface area contributed by atoms with Gasteiger partial charge in [-0.15, -0.1) is 0 Å². The van der Waals surface area contributed by atoms with Crippen molar-refractivity contribution < 1.29 is 0 Å². The molecule has 1 saturated heterocycles. The molecule has 15 heavy (non-hydrogen) atoms. The molecule has 1 N–H and O–H groups in total. The summed E-state index contributed by atoms with van der Waals surface area (Å²) in [5, 5.41) is 3.80. The Kier molecular flexibility index (Phi) is 4.39. The third-order valence-electron chi connectivity index (χ3n) is 4.06. The first-order valence-electron chi connectivity index (χ1n) is 6.60. The predicted octanol–water partition coefficient (Wildman–Crippen LogP) is 3.44. The van der Waals surface area contributed by atoms with Crippen molar-refractivity contribution in [2.24, 2.45) is 5.41 Å². The van der Waals surface area contributed by atoms with E-state index >= 15 is 0 Å². The number of thioether (sulfide) groups is 1. The van der Waals surface area contributed by atoms with Crippen LogP contribution in [0.15, 0.2) is 0 Å². The SMILES string of the molecule is CC1(CNC2CCSC2)CCCCCC1. The van der Waals surface area contributed by atoms with Gasteiger partial charge in [0.05, 0.1) is 0 Å². The van der Waals surface area contributed by atoms with Gasteiger partial charge in [-0.05, 0) is 30.4 Å². The van der Waals surface area contributed by atoms with Gasteiger partial charge in [-0.1, -0.05) is 32.6 Å². The quantitative estimate of drug-likeness (QED) is 0.741. The van der Waals surface area contributed by atoms with Crippen LogP contribution >= 0.6 is 11.8 Å². The van der Waals surface area contributed by atoms with Crippen molar-refractivity contribution in [3.8, 4) is 0 Å². The minimum atomic E-state index is 0.601. The molecule has 0 bridgehead atoms. The van der Waals surface area contributed by atoms with E-state index in [4.69, 9.17) is 0 Å². The normalized spacial score (nSPS) is 31.4. The van der Waals surface area contributed by atoms with Crippen molar-refractivity contribution in [2.75, 3.05) is 18.1 Å². The molecular weight excluding hydrogens is 202 g/mol. The predicted molar refractivity (Wildman–Crippen MR) is 69.5 cm³/mol. The van der Waals surface area contributed by atoms with Gasteiger partial charge in [-0.2, -0.15) is 11.8 Å². The maximum absolute atomic E-state index is 3.80. The summed E-state index contributed by atoms with van der Waals surface area (Å²) in [7, 11) is 0. The zero-order chi connectivity index (χ0) is 10.6. The van der Waals surface area contributed by atoms with Gasteiger partial charge in [0.2, 0.25) is 0 Å². The van der Waals surface area contributed by atoms with E-state index in [1.807, 2.05) is 0 Å². The molecular formula is C13H25NS. The van der Waals surface area contributed by atoms with Crippen molar-refractivity contribution in [1.29, 1.82) is 0 Å². The lowest BCUT2D eigenvalue weighted by atomic mass is 9.82. The summed E-state index contributed by atoms with van der Waals surface area (Å²) >= 11 is 2.11. The van der Waals surface area contributed by atoms with E-state index in [2.05, 4.69) is 24.0 Å². The molecule has 2 rings (SSSR count). The Balaban J connectivity index is 1.75. The molecule has 1 aliphatic heterocycles. The van der Waals surface area contributed by atoms with Crippen molar-refractivity contribution >= 4 is 11.8 Å². The topological polar surface area (TPSA) is 12.0 Å². The van der Waals surface area contributed by atoms with Gasteiger partial charge in [0, 0.05) is 18.3 Å². The number of hydrogen-bond donors (Lipinski definition) is 1. The highest BCUT2D eigenvalue weighted by molar-refractivity contribution is 7.99. The molecule has 1 atom stereocenters. The maximum atomic E-state index is 3.80. The first kappa shape index (κ1) is 11.8. The average molecular weight is 227 g/mol. The monoisotopic (exact) mass is 227 g/mol. The summed E-state index contributed by atoms with van der Waals surface area (Å²) in [6.07, 6.45) is 10.1.